The topological polar surface area (TPSA) is 63.2 Å². The molecule has 0 radical (unpaired) electrons. The van der Waals surface area contributed by atoms with Gasteiger partial charge < -0.3 is 5.32 Å². The molecule has 22 heavy (non-hydrogen) atoms. The number of carbonyl (C=O) groups excluding carboxylic acids is 1. The van der Waals surface area contributed by atoms with Crippen molar-refractivity contribution in [1.29, 1.82) is 0 Å². The zero-order chi connectivity index (χ0) is 15.6. The Hall–Kier alpha value is -1.01. The number of rotatable bonds is 4. The van der Waals surface area contributed by atoms with Gasteiger partial charge in [0, 0.05) is 10.9 Å². The number of benzene rings is 1. The van der Waals surface area contributed by atoms with E-state index in [4.69, 9.17) is 0 Å². The Balaban J connectivity index is 1.72. The first-order chi connectivity index (χ1) is 10.5. The number of hydrogen-bond acceptors (Lipinski definition) is 4. The molecule has 1 aromatic carbocycles. The monoisotopic (exact) mass is 339 g/mol. The highest BCUT2D eigenvalue weighted by Crippen LogP contribution is 2.45. The van der Waals surface area contributed by atoms with Gasteiger partial charge in [-0.15, -0.1) is 11.8 Å². The molecule has 1 N–H and O–H groups in total. The second-order valence-corrected chi connectivity index (χ2v) is 9.88. The van der Waals surface area contributed by atoms with Crippen LogP contribution in [-0.4, -0.2) is 36.6 Å². The zero-order valence-corrected chi connectivity index (χ0v) is 14.1. The van der Waals surface area contributed by atoms with Gasteiger partial charge in [0.25, 0.3) is 0 Å². The van der Waals surface area contributed by atoms with Crippen LogP contribution in [0.25, 0.3) is 0 Å². The number of carbonyl (C=O) groups is 1. The van der Waals surface area contributed by atoms with Crippen molar-refractivity contribution in [3.63, 3.8) is 0 Å². The van der Waals surface area contributed by atoms with Gasteiger partial charge in [-0.05, 0) is 31.4 Å². The van der Waals surface area contributed by atoms with E-state index in [-0.39, 0.29) is 23.5 Å². The van der Waals surface area contributed by atoms with Gasteiger partial charge in [-0.25, -0.2) is 8.42 Å². The van der Waals surface area contributed by atoms with Crippen molar-refractivity contribution >= 4 is 27.5 Å². The summed E-state index contributed by atoms with van der Waals surface area (Å²) in [5, 5.41) is 3.00. The minimum atomic E-state index is -2.96. The van der Waals surface area contributed by atoms with Crippen LogP contribution in [0.1, 0.15) is 32.1 Å². The third kappa shape index (κ3) is 3.49. The molecule has 1 amide bonds. The van der Waals surface area contributed by atoms with Crippen molar-refractivity contribution < 1.29 is 13.2 Å². The molecular weight excluding hydrogens is 318 g/mol. The number of hydrogen-bond donors (Lipinski definition) is 1. The van der Waals surface area contributed by atoms with Crippen LogP contribution in [0.2, 0.25) is 0 Å². The summed E-state index contributed by atoms with van der Waals surface area (Å²) >= 11 is 1.63. The first-order valence-electron chi connectivity index (χ1n) is 7.75. The van der Waals surface area contributed by atoms with Crippen LogP contribution in [0.5, 0.6) is 0 Å². The maximum Gasteiger partial charge on any atom is 0.236 e. The van der Waals surface area contributed by atoms with E-state index in [1.54, 1.807) is 11.8 Å². The van der Waals surface area contributed by atoms with Gasteiger partial charge in [0.1, 0.15) is 0 Å². The van der Waals surface area contributed by atoms with E-state index < -0.39 is 14.6 Å². The summed E-state index contributed by atoms with van der Waals surface area (Å²) in [5.41, 5.74) is 0. The van der Waals surface area contributed by atoms with E-state index in [0.29, 0.717) is 6.42 Å². The van der Waals surface area contributed by atoms with Crippen molar-refractivity contribution in [2.75, 3.05) is 11.5 Å². The molecule has 1 saturated carbocycles. The van der Waals surface area contributed by atoms with Crippen LogP contribution in [0, 0.1) is 0 Å². The third-order valence-corrected chi connectivity index (χ3v) is 7.71. The average molecular weight is 339 g/mol. The molecule has 4 nitrogen and oxygen atoms in total. The molecule has 0 aromatic heterocycles. The second kappa shape index (κ2) is 6.24. The van der Waals surface area contributed by atoms with E-state index in [1.165, 1.54) is 0 Å². The third-order valence-electron chi connectivity index (χ3n) is 4.45. The van der Waals surface area contributed by atoms with E-state index in [1.807, 2.05) is 30.3 Å². The predicted octanol–water partition coefficient (Wildman–Crippen LogP) is 2.39. The van der Waals surface area contributed by atoms with Crippen molar-refractivity contribution in [2.24, 2.45) is 0 Å². The molecule has 1 unspecified atom stereocenters. The minimum absolute atomic E-state index is 0.0148. The quantitative estimate of drug-likeness (QED) is 0.915. The Morgan fingerprint density at radius 3 is 2.45 bits per heavy atom. The van der Waals surface area contributed by atoms with Crippen molar-refractivity contribution in [3.05, 3.63) is 30.3 Å². The summed E-state index contributed by atoms with van der Waals surface area (Å²) < 4.78 is 22.7. The van der Waals surface area contributed by atoms with Gasteiger partial charge in [-0.2, -0.15) is 0 Å². The maximum absolute atomic E-state index is 12.8. The van der Waals surface area contributed by atoms with Crippen molar-refractivity contribution in [3.8, 4) is 0 Å². The summed E-state index contributed by atoms with van der Waals surface area (Å²) in [6.07, 6.45) is 4.36. The average Bonchev–Trinajstić information content (AvgIpc) is 3.08. The standard InChI is InChI=1S/C16H21NO3S2/c18-15(17-13-8-11-22(19,20)12-13)16(9-4-5-10-16)21-14-6-2-1-3-7-14/h1-3,6-7,13H,4-5,8-12H2,(H,17,18). The van der Waals surface area contributed by atoms with Gasteiger partial charge in [0.2, 0.25) is 5.91 Å². The summed E-state index contributed by atoms with van der Waals surface area (Å²) in [6, 6.07) is 9.76. The minimum Gasteiger partial charge on any atom is -0.351 e. The van der Waals surface area contributed by atoms with Crippen LogP contribution >= 0.6 is 11.8 Å². The molecule has 1 aliphatic carbocycles. The van der Waals surface area contributed by atoms with E-state index in [0.717, 1.165) is 30.6 Å². The Kier molecular flexibility index (Phi) is 4.50. The summed E-state index contributed by atoms with van der Waals surface area (Å²) in [6.45, 7) is 0. The smallest absolute Gasteiger partial charge is 0.236 e. The Bertz CT molecular complexity index is 637. The maximum atomic E-state index is 12.8. The molecule has 0 bridgehead atoms. The normalized spacial score (nSPS) is 25.9. The van der Waals surface area contributed by atoms with E-state index in [9.17, 15) is 13.2 Å². The lowest BCUT2D eigenvalue weighted by Gasteiger charge is -2.28. The van der Waals surface area contributed by atoms with E-state index in [2.05, 4.69) is 5.32 Å². The number of amides is 1. The van der Waals surface area contributed by atoms with Crippen LogP contribution in [-0.2, 0) is 14.6 Å². The highest BCUT2D eigenvalue weighted by atomic mass is 32.2. The fourth-order valence-electron chi connectivity index (χ4n) is 3.26. The second-order valence-electron chi connectivity index (χ2n) is 6.19. The molecule has 120 valence electrons. The van der Waals surface area contributed by atoms with Crippen molar-refractivity contribution in [2.45, 2.75) is 47.8 Å². The molecule has 2 aliphatic rings. The lowest BCUT2D eigenvalue weighted by atomic mass is 10.1. The van der Waals surface area contributed by atoms with Gasteiger partial charge in [-0.1, -0.05) is 31.0 Å². The molecule has 1 heterocycles. The molecule has 3 rings (SSSR count). The first-order valence-corrected chi connectivity index (χ1v) is 10.4. The predicted molar refractivity (Wildman–Crippen MR) is 88.7 cm³/mol. The van der Waals surface area contributed by atoms with Gasteiger partial charge in [0.15, 0.2) is 9.84 Å². The zero-order valence-electron chi connectivity index (χ0n) is 12.5. The summed E-state index contributed by atoms with van der Waals surface area (Å²) in [7, 11) is -2.96. The van der Waals surface area contributed by atoms with E-state index >= 15 is 0 Å². The number of sulfone groups is 1. The molecule has 1 aliphatic heterocycles. The van der Waals surface area contributed by atoms with Gasteiger partial charge in [0.05, 0.1) is 16.3 Å². The Labute approximate surface area is 136 Å². The highest BCUT2D eigenvalue weighted by Gasteiger charge is 2.43. The largest absolute Gasteiger partial charge is 0.351 e. The SMILES string of the molecule is O=C(NC1CCS(=O)(=O)C1)C1(Sc2ccccc2)CCCC1. The Morgan fingerprint density at radius 2 is 1.86 bits per heavy atom. The Morgan fingerprint density at radius 1 is 1.18 bits per heavy atom. The molecule has 0 spiro atoms. The van der Waals surface area contributed by atoms with Crippen LogP contribution in [0.15, 0.2) is 35.2 Å². The van der Waals surface area contributed by atoms with Gasteiger partial charge >= 0.3 is 0 Å². The molecule has 6 heteroatoms. The number of nitrogens with one attached hydrogen (secondary N) is 1. The lowest BCUT2D eigenvalue weighted by molar-refractivity contribution is -0.123. The lowest BCUT2D eigenvalue weighted by Crippen LogP contribution is -2.47. The van der Waals surface area contributed by atoms with Crippen molar-refractivity contribution in [1.82, 2.24) is 5.32 Å². The fraction of sp³-hybridized carbons (Fsp3) is 0.562. The fourth-order valence-corrected chi connectivity index (χ4v) is 6.32. The molecule has 1 aromatic rings. The molecule has 1 saturated heterocycles. The molecule has 2 fully saturated rings. The summed E-state index contributed by atoms with van der Waals surface area (Å²) in [4.78, 5) is 13.9. The molecular formula is C16H21NO3S2. The highest BCUT2D eigenvalue weighted by molar-refractivity contribution is 8.01. The van der Waals surface area contributed by atoms with Crippen LogP contribution < -0.4 is 5.32 Å². The van der Waals surface area contributed by atoms with Gasteiger partial charge in [-0.3, -0.25) is 4.79 Å². The molecule has 1 atom stereocenters. The number of thioether (sulfide) groups is 1. The first kappa shape index (κ1) is 15.9. The summed E-state index contributed by atoms with van der Waals surface area (Å²) in [5.74, 6) is 0.294. The van der Waals surface area contributed by atoms with Crippen LogP contribution in [0.3, 0.4) is 0 Å². The van der Waals surface area contributed by atoms with Crippen LogP contribution in [0.4, 0.5) is 0 Å².